The van der Waals surface area contributed by atoms with Crippen molar-refractivity contribution in [3.8, 4) is 0 Å². The first-order chi connectivity index (χ1) is 8.04. The van der Waals surface area contributed by atoms with Gasteiger partial charge in [0.15, 0.2) is 5.78 Å². The van der Waals surface area contributed by atoms with Crippen LogP contribution in [0.15, 0.2) is 18.2 Å². The van der Waals surface area contributed by atoms with E-state index < -0.39 is 28.5 Å². The highest BCUT2D eigenvalue weighted by Gasteiger charge is 2.38. The number of hydrogen-bond acceptors (Lipinski definition) is 3. The van der Waals surface area contributed by atoms with Gasteiger partial charge in [0.2, 0.25) is 0 Å². The summed E-state index contributed by atoms with van der Waals surface area (Å²) in [4.78, 5) is 12.1. The maximum Gasteiger partial charge on any atom is 0.188 e. The number of benzene rings is 1. The van der Waals surface area contributed by atoms with E-state index >= 15 is 0 Å². The van der Waals surface area contributed by atoms with Crippen LogP contribution in [0.25, 0.3) is 0 Å². The van der Waals surface area contributed by atoms with Crippen LogP contribution in [0.5, 0.6) is 0 Å². The first-order valence-electron chi connectivity index (χ1n) is 5.40. The molecule has 1 aromatic rings. The summed E-state index contributed by atoms with van der Waals surface area (Å²) in [6, 6.07) is 3.33. The summed E-state index contributed by atoms with van der Waals surface area (Å²) in [5, 5.41) is 0. The Morgan fingerprint density at radius 3 is 2.29 bits per heavy atom. The molecule has 0 unspecified atom stereocenters. The zero-order valence-electron chi connectivity index (χ0n) is 9.21. The number of hydrogen-bond donors (Lipinski definition) is 1. The molecule has 0 bridgehead atoms. The fraction of sp³-hybridized carbons (Fsp3) is 0.417. The molecule has 17 heavy (non-hydrogen) atoms. The Hall–Kier alpha value is -1.33. The van der Waals surface area contributed by atoms with E-state index in [-0.39, 0.29) is 12.8 Å². The van der Waals surface area contributed by atoms with E-state index in [9.17, 15) is 13.6 Å². The quantitative estimate of drug-likeness (QED) is 0.801. The van der Waals surface area contributed by atoms with E-state index in [4.69, 9.17) is 10.5 Å². The van der Waals surface area contributed by atoms with Crippen LogP contribution < -0.4 is 5.73 Å². The number of carbonyl (C=O) groups is 1. The molecule has 2 rings (SSSR count). The summed E-state index contributed by atoms with van der Waals surface area (Å²) in [5.74, 6) is -2.42. The second-order valence-electron chi connectivity index (χ2n) is 4.19. The molecule has 1 heterocycles. The lowest BCUT2D eigenvalue weighted by Crippen LogP contribution is -2.52. The third-order valence-electron chi connectivity index (χ3n) is 3.03. The number of halogens is 2. The van der Waals surface area contributed by atoms with E-state index in [1.165, 1.54) is 6.07 Å². The number of carbonyl (C=O) groups excluding carboxylic acids is 1. The van der Waals surface area contributed by atoms with Crippen molar-refractivity contribution in [1.82, 2.24) is 0 Å². The van der Waals surface area contributed by atoms with Crippen molar-refractivity contribution >= 4 is 5.78 Å². The van der Waals surface area contributed by atoms with Gasteiger partial charge in [-0.05, 0) is 25.0 Å². The lowest BCUT2D eigenvalue weighted by Gasteiger charge is -2.31. The molecule has 92 valence electrons. The highest BCUT2D eigenvalue weighted by Crippen LogP contribution is 2.25. The Morgan fingerprint density at radius 1 is 1.24 bits per heavy atom. The van der Waals surface area contributed by atoms with Crippen LogP contribution in [-0.4, -0.2) is 24.5 Å². The Labute approximate surface area is 97.6 Å². The molecule has 0 atom stereocenters. The SMILES string of the molecule is NC1(C(=O)c2c(F)cccc2F)CCOCC1. The summed E-state index contributed by atoms with van der Waals surface area (Å²) in [7, 11) is 0. The zero-order valence-corrected chi connectivity index (χ0v) is 9.21. The van der Waals surface area contributed by atoms with E-state index in [0.29, 0.717) is 13.2 Å². The topological polar surface area (TPSA) is 52.3 Å². The second kappa shape index (κ2) is 4.50. The van der Waals surface area contributed by atoms with Crippen molar-refractivity contribution in [2.75, 3.05) is 13.2 Å². The summed E-state index contributed by atoms with van der Waals surface area (Å²) >= 11 is 0. The number of ether oxygens (including phenoxy) is 1. The first kappa shape index (κ1) is 12.1. The molecule has 2 N–H and O–H groups in total. The minimum atomic E-state index is -1.22. The molecule has 3 nitrogen and oxygen atoms in total. The summed E-state index contributed by atoms with van der Waals surface area (Å²) in [5.41, 5.74) is 4.14. The Morgan fingerprint density at radius 2 is 1.76 bits per heavy atom. The smallest absolute Gasteiger partial charge is 0.188 e. The molecule has 0 spiro atoms. The standard InChI is InChI=1S/C12H13F2NO2/c13-8-2-1-3-9(14)10(8)11(16)12(15)4-6-17-7-5-12/h1-3H,4-7,15H2. The maximum absolute atomic E-state index is 13.5. The van der Waals surface area contributed by atoms with Crippen LogP contribution in [0.2, 0.25) is 0 Å². The molecule has 0 aliphatic carbocycles. The minimum absolute atomic E-state index is 0.277. The van der Waals surface area contributed by atoms with Gasteiger partial charge in [-0.1, -0.05) is 6.07 Å². The fourth-order valence-electron chi connectivity index (χ4n) is 1.93. The summed E-state index contributed by atoms with van der Waals surface area (Å²) in [6.45, 7) is 0.663. The van der Waals surface area contributed by atoms with Gasteiger partial charge in [0.1, 0.15) is 11.6 Å². The van der Waals surface area contributed by atoms with Crippen LogP contribution in [0.1, 0.15) is 23.2 Å². The van der Waals surface area contributed by atoms with Crippen LogP contribution in [-0.2, 0) is 4.74 Å². The van der Waals surface area contributed by atoms with Gasteiger partial charge in [0.25, 0.3) is 0 Å². The Kier molecular flexibility index (Phi) is 3.22. The largest absolute Gasteiger partial charge is 0.381 e. The molecular weight excluding hydrogens is 228 g/mol. The van der Waals surface area contributed by atoms with Gasteiger partial charge in [-0.25, -0.2) is 8.78 Å². The van der Waals surface area contributed by atoms with E-state index in [1.54, 1.807) is 0 Å². The second-order valence-corrected chi connectivity index (χ2v) is 4.19. The highest BCUT2D eigenvalue weighted by molar-refractivity contribution is 6.03. The van der Waals surface area contributed by atoms with Gasteiger partial charge in [0, 0.05) is 13.2 Å². The van der Waals surface area contributed by atoms with Gasteiger partial charge in [-0.15, -0.1) is 0 Å². The number of nitrogens with two attached hydrogens (primary N) is 1. The van der Waals surface area contributed by atoms with Crippen molar-refractivity contribution in [3.63, 3.8) is 0 Å². The molecule has 1 saturated heterocycles. The molecule has 0 amide bonds. The van der Waals surface area contributed by atoms with Gasteiger partial charge in [0.05, 0.1) is 11.1 Å². The van der Waals surface area contributed by atoms with Crippen LogP contribution in [0.3, 0.4) is 0 Å². The predicted octanol–water partition coefficient (Wildman–Crippen LogP) is 1.66. The van der Waals surface area contributed by atoms with Gasteiger partial charge in [-0.2, -0.15) is 0 Å². The highest BCUT2D eigenvalue weighted by atomic mass is 19.1. The first-order valence-corrected chi connectivity index (χ1v) is 5.40. The molecule has 1 aliphatic rings. The van der Waals surface area contributed by atoms with E-state index in [2.05, 4.69) is 0 Å². The summed E-state index contributed by atoms with van der Waals surface area (Å²) < 4.78 is 32.0. The molecule has 0 saturated carbocycles. The zero-order chi connectivity index (χ0) is 12.5. The van der Waals surface area contributed by atoms with E-state index in [0.717, 1.165) is 12.1 Å². The maximum atomic E-state index is 13.5. The molecule has 1 aliphatic heterocycles. The fourth-order valence-corrected chi connectivity index (χ4v) is 1.93. The predicted molar refractivity (Wildman–Crippen MR) is 57.7 cm³/mol. The number of Topliss-reactive ketones (excluding diaryl/α,β-unsaturated/α-hetero) is 1. The van der Waals surface area contributed by atoms with Crippen molar-refractivity contribution in [2.24, 2.45) is 5.73 Å². The summed E-state index contributed by atoms with van der Waals surface area (Å²) in [6.07, 6.45) is 0.555. The van der Waals surface area contributed by atoms with Gasteiger partial charge in [-0.3, -0.25) is 4.79 Å². The van der Waals surface area contributed by atoms with Gasteiger partial charge >= 0.3 is 0 Å². The normalized spacial score (nSPS) is 19.0. The third kappa shape index (κ3) is 2.21. The molecule has 1 aromatic carbocycles. The number of ketones is 1. The van der Waals surface area contributed by atoms with E-state index in [1.807, 2.05) is 0 Å². The lowest BCUT2D eigenvalue weighted by atomic mass is 9.83. The lowest BCUT2D eigenvalue weighted by molar-refractivity contribution is 0.0442. The molecular formula is C12H13F2NO2. The monoisotopic (exact) mass is 241 g/mol. The molecule has 1 fully saturated rings. The van der Waals surface area contributed by atoms with Crippen molar-refractivity contribution < 1.29 is 18.3 Å². The molecule has 5 heteroatoms. The van der Waals surface area contributed by atoms with Crippen LogP contribution in [0.4, 0.5) is 8.78 Å². The minimum Gasteiger partial charge on any atom is -0.381 e. The van der Waals surface area contributed by atoms with Gasteiger partial charge < -0.3 is 10.5 Å². The molecule has 0 aromatic heterocycles. The van der Waals surface area contributed by atoms with Crippen LogP contribution in [0, 0.1) is 11.6 Å². The van der Waals surface area contributed by atoms with Crippen molar-refractivity contribution in [2.45, 2.75) is 18.4 Å². The van der Waals surface area contributed by atoms with Crippen molar-refractivity contribution in [1.29, 1.82) is 0 Å². The molecule has 0 radical (unpaired) electrons. The Bertz CT molecular complexity index is 422. The average molecular weight is 241 g/mol. The number of rotatable bonds is 2. The average Bonchev–Trinajstić information content (AvgIpc) is 2.29. The third-order valence-corrected chi connectivity index (χ3v) is 3.03. The van der Waals surface area contributed by atoms with Crippen LogP contribution >= 0.6 is 0 Å². The van der Waals surface area contributed by atoms with Crippen molar-refractivity contribution in [3.05, 3.63) is 35.4 Å². The Balaban J connectivity index is 2.36.